The number of sulfonamides is 1. The zero-order chi connectivity index (χ0) is 17.0. The molecule has 0 radical (unpaired) electrons. The molecule has 1 fully saturated rings. The van der Waals surface area contributed by atoms with Crippen LogP contribution in [-0.2, 0) is 14.8 Å². The van der Waals surface area contributed by atoms with E-state index in [9.17, 15) is 8.42 Å². The van der Waals surface area contributed by atoms with Gasteiger partial charge in [0.1, 0.15) is 5.75 Å². The van der Waals surface area contributed by atoms with Gasteiger partial charge in [-0.05, 0) is 24.3 Å². The summed E-state index contributed by atoms with van der Waals surface area (Å²) in [5.41, 5.74) is 1.41. The van der Waals surface area contributed by atoms with Crippen molar-refractivity contribution in [2.24, 2.45) is 0 Å². The lowest BCUT2D eigenvalue weighted by molar-refractivity contribution is 0.123. The van der Waals surface area contributed by atoms with Crippen LogP contribution in [0, 0.1) is 0 Å². The second kappa shape index (κ2) is 7.11. The predicted octanol–water partition coefficient (Wildman–Crippen LogP) is 2.33. The predicted molar refractivity (Wildman–Crippen MR) is 93.3 cm³/mol. The van der Waals surface area contributed by atoms with Gasteiger partial charge in [-0.3, -0.25) is 4.72 Å². The summed E-state index contributed by atoms with van der Waals surface area (Å²) in [7, 11) is -2.19. The highest BCUT2D eigenvalue weighted by molar-refractivity contribution is 7.92. The molecule has 1 saturated heterocycles. The van der Waals surface area contributed by atoms with Gasteiger partial charge in [-0.15, -0.1) is 0 Å². The molecule has 2 aromatic carbocycles. The van der Waals surface area contributed by atoms with Gasteiger partial charge in [0.2, 0.25) is 0 Å². The first-order valence-electron chi connectivity index (χ1n) is 7.69. The number of ether oxygens (including phenoxy) is 2. The fraction of sp³-hybridized carbons (Fsp3) is 0.294. The van der Waals surface area contributed by atoms with Crippen molar-refractivity contribution in [3.63, 3.8) is 0 Å². The Hall–Kier alpha value is -2.25. The van der Waals surface area contributed by atoms with E-state index in [1.807, 2.05) is 18.2 Å². The number of nitrogens with one attached hydrogen (secondary N) is 1. The third-order valence-electron chi connectivity index (χ3n) is 3.85. The number of para-hydroxylation sites is 2. The minimum absolute atomic E-state index is 0.165. The minimum atomic E-state index is -3.70. The first kappa shape index (κ1) is 16.6. The van der Waals surface area contributed by atoms with Crippen LogP contribution in [-0.4, -0.2) is 41.8 Å². The quantitative estimate of drug-likeness (QED) is 0.898. The van der Waals surface area contributed by atoms with Crippen molar-refractivity contribution in [3.8, 4) is 5.75 Å². The Balaban J connectivity index is 1.89. The lowest BCUT2D eigenvalue weighted by atomic mass is 10.2. The highest BCUT2D eigenvalue weighted by Gasteiger charge is 2.20. The van der Waals surface area contributed by atoms with Crippen LogP contribution in [0.2, 0.25) is 0 Å². The first-order valence-corrected chi connectivity index (χ1v) is 9.17. The Morgan fingerprint density at radius 2 is 1.83 bits per heavy atom. The molecule has 0 bridgehead atoms. The summed E-state index contributed by atoms with van der Waals surface area (Å²) in [5.74, 6) is 0.499. The number of hydrogen-bond acceptors (Lipinski definition) is 5. The molecule has 1 heterocycles. The molecule has 128 valence electrons. The van der Waals surface area contributed by atoms with Crippen LogP contribution < -0.4 is 14.4 Å². The van der Waals surface area contributed by atoms with Crippen molar-refractivity contribution in [1.82, 2.24) is 0 Å². The fourth-order valence-electron chi connectivity index (χ4n) is 2.61. The van der Waals surface area contributed by atoms with Gasteiger partial charge >= 0.3 is 0 Å². The molecule has 2 aromatic rings. The topological polar surface area (TPSA) is 67.9 Å². The van der Waals surface area contributed by atoms with Crippen LogP contribution in [0.25, 0.3) is 0 Å². The van der Waals surface area contributed by atoms with Gasteiger partial charge in [-0.25, -0.2) is 8.42 Å². The normalized spacial score (nSPS) is 15.1. The van der Waals surface area contributed by atoms with Crippen LogP contribution in [0.3, 0.4) is 0 Å². The monoisotopic (exact) mass is 348 g/mol. The smallest absolute Gasteiger partial charge is 0.262 e. The van der Waals surface area contributed by atoms with Crippen LogP contribution in [0.5, 0.6) is 5.75 Å². The molecule has 1 aliphatic heterocycles. The van der Waals surface area contributed by atoms with Crippen molar-refractivity contribution in [2.45, 2.75) is 4.90 Å². The van der Waals surface area contributed by atoms with Crippen molar-refractivity contribution >= 4 is 21.4 Å². The molecule has 6 nitrogen and oxygen atoms in total. The largest absolute Gasteiger partial charge is 0.497 e. The van der Waals surface area contributed by atoms with Crippen molar-refractivity contribution in [3.05, 3.63) is 48.5 Å². The number of rotatable bonds is 5. The van der Waals surface area contributed by atoms with Crippen LogP contribution >= 0.6 is 0 Å². The van der Waals surface area contributed by atoms with E-state index in [4.69, 9.17) is 9.47 Å². The summed E-state index contributed by atoms with van der Waals surface area (Å²) in [4.78, 5) is 2.28. The molecule has 0 amide bonds. The average molecular weight is 348 g/mol. The summed E-state index contributed by atoms with van der Waals surface area (Å²) in [6.07, 6.45) is 0. The second-order valence-electron chi connectivity index (χ2n) is 5.40. The average Bonchev–Trinajstić information content (AvgIpc) is 2.63. The standard InChI is InChI=1S/C17H20N2O4S/c1-22-14-5-4-6-15(13-14)24(20,21)18-16-7-2-3-8-17(16)19-9-11-23-12-10-19/h2-8,13,18H,9-12H2,1H3. The number of benzene rings is 2. The van der Waals surface area contributed by atoms with Crippen molar-refractivity contribution in [1.29, 1.82) is 0 Å². The Morgan fingerprint density at radius 3 is 2.58 bits per heavy atom. The summed E-state index contributed by atoms with van der Waals surface area (Å²) in [6, 6.07) is 13.8. The maximum Gasteiger partial charge on any atom is 0.262 e. The molecule has 0 aromatic heterocycles. The molecule has 24 heavy (non-hydrogen) atoms. The third-order valence-corrected chi connectivity index (χ3v) is 5.21. The van der Waals surface area contributed by atoms with Crippen LogP contribution in [0.4, 0.5) is 11.4 Å². The van der Waals surface area contributed by atoms with Gasteiger partial charge in [0.15, 0.2) is 0 Å². The van der Waals surface area contributed by atoms with E-state index in [2.05, 4.69) is 9.62 Å². The van der Waals surface area contributed by atoms with Crippen molar-refractivity contribution in [2.75, 3.05) is 43.0 Å². The lowest BCUT2D eigenvalue weighted by Gasteiger charge is -2.30. The van der Waals surface area contributed by atoms with E-state index in [0.717, 1.165) is 18.8 Å². The lowest BCUT2D eigenvalue weighted by Crippen LogP contribution is -2.36. The van der Waals surface area contributed by atoms with Gasteiger partial charge in [0.25, 0.3) is 10.0 Å². The van der Waals surface area contributed by atoms with E-state index in [1.165, 1.54) is 13.2 Å². The zero-order valence-corrected chi connectivity index (χ0v) is 14.3. The maximum absolute atomic E-state index is 12.7. The second-order valence-corrected chi connectivity index (χ2v) is 7.08. The summed E-state index contributed by atoms with van der Waals surface area (Å²) >= 11 is 0. The first-order chi connectivity index (χ1) is 11.6. The van der Waals surface area contributed by atoms with Gasteiger partial charge in [-0.1, -0.05) is 18.2 Å². The summed E-state index contributed by atoms with van der Waals surface area (Å²) in [6.45, 7) is 2.74. The number of hydrogen-bond donors (Lipinski definition) is 1. The number of methoxy groups -OCH3 is 1. The third kappa shape index (κ3) is 3.63. The molecule has 1 N–H and O–H groups in total. The number of anilines is 2. The van der Waals surface area contributed by atoms with Gasteiger partial charge in [0.05, 0.1) is 36.6 Å². The maximum atomic E-state index is 12.7. The highest BCUT2D eigenvalue weighted by Crippen LogP contribution is 2.29. The summed E-state index contributed by atoms with van der Waals surface area (Å²) < 4.78 is 38.5. The van der Waals surface area contributed by atoms with E-state index in [1.54, 1.807) is 24.3 Å². The molecule has 1 aliphatic rings. The van der Waals surface area contributed by atoms with E-state index >= 15 is 0 Å². The fourth-order valence-corrected chi connectivity index (χ4v) is 3.72. The molecule has 0 aliphatic carbocycles. The molecule has 0 atom stereocenters. The Morgan fingerprint density at radius 1 is 1.08 bits per heavy atom. The van der Waals surface area contributed by atoms with Gasteiger partial charge < -0.3 is 14.4 Å². The zero-order valence-electron chi connectivity index (χ0n) is 13.4. The highest BCUT2D eigenvalue weighted by atomic mass is 32.2. The Bertz CT molecular complexity index is 802. The molecular weight excluding hydrogens is 328 g/mol. The molecule has 0 unspecified atom stereocenters. The molecule has 0 spiro atoms. The van der Waals surface area contributed by atoms with E-state index < -0.39 is 10.0 Å². The molecule has 3 rings (SSSR count). The molecular formula is C17H20N2O4S. The van der Waals surface area contributed by atoms with E-state index in [-0.39, 0.29) is 4.90 Å². The van der Waals surface area contributed by atoms with Gasteiger partial charge in [0, 0.05) is 19.2 Å². The SMILES string of the molecule is COc1cccc(S(=O)(=O)Nc2ccccc2N2CCOCC2)c1. The van der Waals surface area contributed by atoms with Crippen molar-refractivity contribution < 1.29 is 17.9 Å². The van der Waals surface area contributed by atoms with E-state index in [0.29, 0.717) is 24.7 Å². The molecule has 0 saturated carbocycles. The minimum Gasteiger partial charge on any atom is -0.497 e. The summed E-state index contributed by atoms with van der Waals surface area (Å²) in [5, 5.41) is 0. The van der Waals surface area contributed by atoms with Crippen LogP contribution in [0.1, 0.15) is 0 Å². The Kier molecular flexibility index (Phi) is 4.92. The van der Waals surface area contributed by atoms with Gasteiger partial charge in [-0.2, -0.15) is 0 Å². The number of nitrogens with zero attached hydrogens (tertiary/aromatic N) is 1. The van der Waals surface area contributed by atoms with Crippen LogP contribution in [0.15, 0.2) is 53.4 Å². The molecule has 7 heteroatoms. The number of morpholine rings is 1. The Labute approximate surface area is 142 Å².